The summed E-state index contributed by atoms with van der Waals surface area (Å²) >= 11 is 0. The maximum Gasteiger partial charge on any atom is 0.216 e. The smallest absolute Gasteiger partial charge is 0.216 e. The minimum Gasteiger partial charge on any atom is -0.372 e. The van der Waals surface area contributed by atoms with Crippen molar-refractivity contribution in [3.8, 4) is 0 Å². The van der Waals surface area contributed by atoms with Crippen molar-refractivity contribution in [1.29, 1.82) is 0 Å². The van der Waals surface area contributed by atoms with Crippen molar-refractivity contribution < 1.29 is 9.57 Å². The first-order chi connectivity index (χ1) is 11.7. The van der Waals surface area contributed by atoms with E-state index >= 15 is 0 Å². The average molecular weight is 326 g/mol. The molecule has 0 aliphatic rings. The number of ether oxygens (including phenoxy) is 1. The molecule has 0 aliphatic heterocycles. The lowest BCUT2D eigenvalue weighted by atomic mass is 10.1. The van der Waals surface area contributed by atoms with Crippen LogP contribution in [0, 0.1) is 6.92 Å². The highest BCUT2D eigenvalue weighted by molar-refractivity contribution is 5.82. The van der Waals surface area contributed by atoms with Crippen LogP contribution in [0.4, 0.5) is 5.69 Å². The largest absolute Gasteiger partial charge is 0.372 e. The number of anilines is 1. The second-order valence-electron chi connectivity index (χ2n) is 5.53. The molecule has 2 aromatic rings. The second-order valence-corrected chi connectivity index (χ2v) is 5.53. The van der Waals surface area contributed by atoms with Gasteiger partial charge in [-0.3, -0.25) is 0 Å². The molecule has 4 nitrogen and oxygen atoms in total. The Bertz CT molecular complexity index is 637. The van der Waals surface area contributed by atoms with Gasteiger partial charge >= 0.3 is 0 Å². The Morgan fingerprint density at radius 2 is 1.79 bits per heavy atom. The summed E-state index contributed by atoms with van der Waals surface area (Å²) in [6, 6.07) is 16.4. The molecular weight excluding hydrogens is 300 g/mol. The Labute approximate surface area is 144 Å². The molecule has 0 N–H and O–H groups in total. The molecule has 24 heavy (non-hydrogen) atoms. The van der Waals surface area contributed by atoms with Crippen LogP contribution in [-0.2, 0) is 16.2 Å². The van der Waals surface area contributed by atoms with E-state index in [0.717, 1.165) is 24.2 Å². The molecule has 0 saturated carbocycles. The molecule has 0 bridgehead atoms. The number of hydrogen-bond acceptors (Lipinski definition) is 4. The average Bonchev–Trinajstić information content (AvgIpc) is 2.61. The summed E-state index contributed by atoms with van der Waals surface area (Å²) in [5, 5.41) is 3.98. The molecule has 0 aliphatic carbocycles. The lowest BCUT2D eigenvalue weighted by Gasteiger charge is -2.21. The maximum absolute atomic E-state index is 5.42. The van der Waals surface area contributed by atoms with Gasteiger partial charge in [0.05, 0.1) is 12.8 Å². The van der Waals surface area contributed by atoms with E-state index in [2.05, 4.69) is 49.0 Å². The number of aryl methyl sites for hydroxylation is 1. The Balaban J connectivity index is 1.79. The Morgan fingerprint density at radius 3 is 2.46 bits per heavy atom. The van der Waals surface area contributed by atoms with Gasteiger partial charge < -0.3 is 14.5 Å². The monoisotopic (exact) mass is 326 g/mol. The lowest BCUT2D eigenvalue weighted by molar-refractivity contribution is -0.0594. The highest BCUT2D eigenvalue weighted by atomic mass is 16.7. The lowest BCUT2D eigenvalue weighted by Crippen LogP contribution is -2.21. The number of benzene rings is 2. The Morgan fingerprint density at radius 1 is 1.04 bits per heavy atom. The van der Waals surface area contributed by atoms with E-state index in [9.17, 15) is 0 Å². The Hall–Kier alpha value is -2.33. The first-order valence-electron chi connectivity index (χ1n) is 8.37. The molecule has 0 heterocycles. The van der Waals surface area contributed by atoms with E-state index in [4.69, 9.17) is 9.57 Å². The van der Waals surface area contributed by atoms with Crippen LogP contribution in [0.2, 0.25) is 0 Å². The summed E-state index contributed by atoms with van der Waals surface area (Å²) in [5.41, 5.74) is 4.58. The van der Waals surface area contributed by atoms with Crippen LogP contribution < -0.4 is 4.90 Å². The molecule has 0 fully saturated rings. The summed E-state index contributed by atoms with van der Waals surface area (Å²) in [6.07, 6.45) is 1.73. The maximum atomic E-state index is 5.42. The molecule has 128 valence electrons. The van der Waals surface area contributed by atoms with Crippen molar-refractivity contribution in [2.24, 2.45) is 5.16 Å². The SMILES string of the molecule is CCN(CC)c1ccc(/C=N/OCOCc2ccccc2)c(C)c1. The van der Waals surface area contributed by atoms with Crippen LogP contribution >= 0.6 is 0 Å². The van der Waals surface area contributed by atoms with Gasteiger partial charge in [0.15, 0.2) is 0 Å². The van der Waals surface area contributed by atoms with Crippen molar-refractivity contribution in [3.05, 3.63) is 65.2 Å². The second kappa shape index (κ2) is 9.73. The molecule has 2 aromatic carbocycles. The Kier molecular flexibility index (Phi) is 7.30. The van der Waals surface area contributed by atoms with Gasteiger partial charge in [0.1, 0.15) is 0 Å². The molecule has 0 spiro atoms. The van der Waals surface area contributed by atoms with Crippen LogP contribution in [0.25, 0.3) is 0 Å². The fraction of sp³-hybridized carbons (Fsp3) is 0.350. The predicted molar refractivity (Wildman–Crippen MR) is 99.5 cm³/mol. The van der Waals surface area contributed by atoms with Crippen molar-refractivity contribution in [3.63, 3.8) is 0 Å². The summed E-state index contributed by atoms with van der Waals surface area (Å²) < 4.78 is 5.42. The normalized spacial score (nSPS) is 11.0. The first-order valence-corrected chi connectivity index (χ1v) is 8.37. The van der Waals surface area contributed by atoms with E-state index in [1.54, 1.807) is 6.21 Å². The minimum atomic E-state index is 0.141. The van der Waals surface area contributed by atoms with Gasteiger partial charge in [-0.25, -0.2) is 0 Å². The van der Waals surface area contributed by atoms with Gasteiger partial charge in [0.25, 0.3) is 0 Å². The molecule has 4 heteroatoms. The van der Waals surface area contributed by atoms with Crippen molar-refractivity contribution >= 4 is 11.9 Å². The van der Waals surface area contributed by atoms with Crippen molar-refractivity contribution in [2.45, 2.75) is 27.4 Å². The van der Waals surface area contributed by atoms with Gasteiger partial charge in [-0.1, -0.05) is 41.6 Å². The topological polar surface area (TPSA) is 34.1 Å². The predicted octanol–water partition coefficient (Wildman–Crippen LogP) is 4.37. The quantitative estimate of drug-likeness (QED) is 0.297. The first kappa shape index (κ1) is 18.0. The zero-order chi connectivity index (χ0) is 17.2. The van der Waals surface area contributed by atoms with Gasteiger partial charge in [0.2, 0.25) is 6.79 Å². The molecular formula is C20H26N2O2. The van der Waals surface area contributed by atoms with Gasteiger partial charge in [-0.05, 0) is 49.6 Å². The zero-order valence-corrected chi connectivity index (χ0v) is 14.7. The van der Waals surface area contributed by atoms with Crippen LogP contribution in [-0.4, -0.2) is 26.1 Å². The molecule has 0 amide bonds. The summed E-state index contributed by atoms with van der Waals surface area (Å²) in [7, 11) is 0. The molecule has 0 atom stereocenters. The van der Waals surface area contributed by atoms with Gasteiger partial charge in [-0.2, -0.15) is 0 Å². The van der Waals surface area contributed by atoms with E-state index in [0.29, 0.717) is 6.61 Å². The van der Waals surface area contributed by atoms with Crippen LogP contribution in [0.15, 0.2) is 53.7 Å². The third-order valence-electron chi connectivity index (χ3n) is 3.90. The van der Waals surface area contributed by atoms with Crippen molar-refractivity contribution in [2.75, 3.05) is 24.8 Å². The van der Waals surface area contributed by atoms with Crippen LogP contribution in [0.1, 0.15) is 30.5 Å². The van der Waals surface area contributed by atoms with E-state index in [1.807, 2.05) is 30.3 Å². The third kappa shape index (κ3) is 5.39. The number of oxime groups is 1. The highest BCUT2D eigenvalue weighted by Gasteiger charge is 2.03. The molecule has 2 rings (SSSR count). The minimum absolute atomic E-state index is 0.141. The zero-order valence-electron chi connectivity index (χ0n) is 14.7. The molecule has 0 aromatic heterocycles. The summed E-state index contributed by atoms with van der Waals surface area (Å²) in [5.74, 6) is 0. The van der Waals surface area contributed by atoms with Gasteiger partial charge in [0, 0.05) is 18.8 Å². The van der Waals surface area contributed by atoms with Crippen molar-refractivity contribution in [1.82, 2.24) is 0 Å². The van der Waals surface area contributed by atoms with Crippen LogP contribution in [0.3, 0.4) is 0 Å². The van der Waals surface area contributed by atoms with Gasteiger partial charge in [-0.15, -0.1) is 0 Å². The molecule has 0 unspecified atom stereocenters. The molecule has 0 saturated heterocycles. The van der Waals surface area contributed by atoms with E-state index in [1.165, 1.54) is 11.3 Å². The number of hydrogen-bond donors (Lipinski definition) is 0. The molecule has 0 radical (unpaired) electrons. The summed E-state index contributed by atoms with van der Waals surface area (Å²) in [4.78, 5) is 7.49. The highest BCUT2D eigenvalue weighted by Crippen LogP contribution is 2.18. The standard InChI is InChI=1S/C20H26N2O2/c1-4-22(5-2)20-12-11-19(17(3)13-20)14-21-24-16-23-15-18-9-7-6-8-10-18/h6-14H,4-5,15-16H2,1-3H3/b21-14+. The van der Waals surface area contributed by atoms with E-state index in [-0.39, 0.29) is 6.79 Å². The third-order valence-corrected chi connectivity index (χ3v) is 3.90. The fourth-order valence-corrected chi connectivity index (χ4v) is 2.49. The fourth-order valence-electron chi connectivity index (χ4n) is 2.49. The number of nitrogens with zero attached hydrogens (tertiary/aromatic N) is 2. The number of rotatable bonds is 9. The van der Waals surface area contributed by atoms with E-state index < -0.39 is 0 Å². The summed E-state index contributed by atoms with van der Waals surface area (Å²) in [6.45, 7) is 9.08. The van der Waals surface area contributed by atoms with Crippen LogP contribution in [0.5, 0.6) is 0 Å².